The molecule has 138 valence electrons. The molecule has 0 amide bonds. The molecule has 6 nitrogen and oxygen atoms in total. The summed E-state index contributed by atoms with van der Waals surface area (Å²) in [5.41, 5.74) is 2.74. The summed E-state index contributed by atoms with van der Waals surface area (Å²) >= 11 is 0. The predicted octanol–water partition coefficient (Wildman–Crippen LogP) is 2.65. The van der Waals surface area contributed by atoms with Crippen LogP contribution in [-0.4, -0.2) is 59.1 Å². The third-order valence-electron chi connectivity index (χ3n) is 4.17. The van der Waals surface area contributed by atoms with Crippen LogP contribution in [0.25, 0.3) is 0 Å². The van der Waals surface area contributed by atoms with Gasteiger partial charge in [-0.3, -0.25) is 0 Å². The maximum Gasteiger partial charge on any atom is 0.335 e. The zero-order valence-corrected chi connectivity index (χ0v) is 15.1. The molecule has 0 aliphatic carbocycles. The Labute approximate surface area is 153 Å². The van der Waals surface area contributed by atoms with Crippen molar-refractivity contribution in [1.29, 1.82) is 0 Å². The average Bonchev–Trinajstić information content (AvgIpc) is 2.61. The Kier molecular flexibility index (Phi) is 6.89. The normalized spacial score (nSPS) is 11.1. The molecule has 26 heavy (non-hydrogen) atoms. The third-order valence-corrected chi connectivity index (χ3v) is 4.17. The number of carbonyl (C=O) groups is 2. The van der Waals surface area contributed by atoms with Crippen LogP contribution in [0.3, 0.4) is 0 Å². The van der Waals surface area contributed by atoms with Crippen LogP contribution in [0.4, 0.5) is 0 Å². The lowest BCUT2D eigenvalue weighted by atomic mass is 10.1. The van der Waals surface area contributed by atoms with Crippen molar-refractivity contribution in [2.75, 3.05) is 27.2 Å². The first kappa shape index (κ1) is 19.6. The molecule has 0 radical (unpaired) electrons. The number of nitrogens with zero attached hydrogens (tertiary/aromatic N) is 2. The van der Waals surface area contributed by atoms with Crippen molar-refractivity contribution < 1.29 is 19.8 Å². The van der Waals surface area contributed by atoms with Gasteiger partial charge in [-0.2, -0.15) is 0 Å². The van der Waals surface area contributed by atoms with Crippen molar-refractivity contribution in [2.45, 2.75) is 13.1 Å². The molecular formula is C20H24N2O4. The van der Waals surface area contributed by atoms with Crippen molar-refractivity contribution in [2.24, 2.45) is 0 Å². The number of aromatic carboxylic acids is 2. The van der Waals surface area contributed by atoms with E-state index in [1.165, 1.54) is 0 Å². The Hall–Kier alpha value is -2.70. The van der Waals surface area contributed by atoms with E-state index in [0.29, 0.717) is 11.1 Å². The van der Waals surface area contributed by atoms with Gasteiger partial charge in [-0.05, 0) is 49.5 Å². The van der Waals surface area contributed by atoms with Gasteiger partial charge in [0.05, 0.1) is 11.1 Å². The second-order valence-corrected chi connectivity index (χ2v) is 6.48. The Morgan fingerprint density at radius 2 is 1.00 bits per heavy atom. The van der Waals surface area contributed by atoms with Crippen molar-refractivity contribution in [1.82, 2.24) is 9.80 Å². The lowest BCUT2D eigenvalue weighted by Gasteiger charge is -2.22. The molecule has 0 atom stereocenters. The summed E-state index contributed by atoms with van der Waals surface area (Å²) in [5.74, 6) is -1.83. The summed E-state index contributed by atoms with van der Waals surface area (Å²) in [6.45, 7) is 3.23. The smallest absolute Gasteiger partial charge is 0.335 e. The first-order valence-corrected chi connectivity index (χ1v) is 8.36. The molecule has 2 aromatic carbocycles. The van der Waals surface area contributed by atoms with Crippen molar-refractivity contribution in [3.8, 4) is 0 Å². The number of hydrogen-bond acceptors (Lipinski definition) is 4. The molecule has 0 saturated heterocycles. The molecule has 0 saturated carbocycles. The Bertz CT molecular complexity index is 676. The van der Waals surface area contributed by atoms with E-state index in [2.05, 4.69) is 9.80 Å². The molecule has 6 heteroatoms. The Balaban J connectivity index is 1.78. The van der Waals surface area contributed by atoms with E-state index in [9.17, 15) is 9.59 Å². The lowest BCUT2D eigenvalue weighted by molar-refractivity contribution is 0.0686. The second-order valence-electron chi connectivity index (χ2n) is 6.48. The standard InChI is InChI=1S/C20H24N2O4/c1-21(13-15-3-7-17(8-4-15)19(23)24)11-12-22(2)14-16-5-9-18(10-6-16)20(25)26/h3-10H,11-14H2,1-2H3,(H,23,24)(H,25,26). The maximum absolute atomic E-state index is 10.9. The molecule has 2 N–H and O–H groups in total. The van der Waals surface area contributed by atoms with E-state index in [4.69, 9.17) is 10.2 Å². The second kappa shape index (κ2) is 9.12. The zero-order valence-electron chi connectivity index (χ0n) is 15.1. The first-order valence-electron chi connectivity index (χ1n) is 8.36. The van der Waals surface area contributed by atoms with Gasteiger partial charge >= 0.3 is 11.9 Å². The number of hydrogen-bond donors (Lipinski definition) is 2. The highest BCUT2D eigenvalue weighted by atomic mass is 16.4. The predicted molar refractivity (Wildman–Crippen MR) is 99.5 cm³/mol. The largest absolute Gasteiger partial charge is 0.478 e. The molecule has 0 aliphatic heterocycles. The lowest BCUT2D eigenvalue weighted by Crippen LogP contribution is -2.30. The summed E-state index contributed by atoms with van der Waals surface area (Å²) < 4.78 is 0. The van der Waals surface area contributed by atoms with Crippen LogP contribution < -0.4 is 0 Å². The van der Waals surface area contributed by atoms with E-state index in [0.717, 1.165) is 37.3 Å². The monoisotopic (exact) mass is 356 g/mol. The van der Waals surface area contributed by atoms with Crippen LogP contribution >= 0.6 is 0 Å². The highest BCUT2D eigenvalue weighted by Gasteiger charge is 2.07. The zero-order chi connectivity index (χ0) is 19.1. The fourth-order valence-corrected chi connectivity index (χ4v) is 2.63. The van der Waals surface area contributed by atoms with Crippen molar-refractivity contribution in [3.63, 3.8) is 0 Å². The molecule has 0 aromatic heterocycles. The SMILES string of the molecule is CN(CCN(C)Cc1ccc(C(=O)O)cc1)Cc1ccc(C(=O)O)cc1. The summed E-state index contributed by atoms with van der Waals surface area (Å²) in [6.07, 6.45) is 0. The number of likely N-dealkylation sites (N-methyl/N-ethyl adjacent to an activating group) is 2. The quantitative estimate of drug-likeness (QED) is 0.719. The third kappa shape index (κ3) is 5.98. The van der Waals surface area contributed by atoms with Gasteiger partial charge in [-0.25, -0.2) is 9.59 Å². The maximum atomic E-state index is 10.9. The van der Waals surface area contributed by atoms with Crippen LogP contribution in [0.2, 0.25) is 0 Å². The number of rotatable bonds is 9. The van der Waals surface area contributed by atoms with Gasteiger partial charge in [0, 0.05) is 26.2 Å². The summed E-state index contributed by atoms with van der Waals surface area (Å²) in [7, 11) is 4.06. The fourth-order valence-electron chi connectivity index (χ4n) is 2.63. The summed E-state index contributed by atoms with van der Waals surface area (Å²) in [4.78, 5) is 26.1. The van der Waals surface area contributed by atoms with Gasteiger partial charge in [0.15, 0.2) is 0 Å². The van der Waals surface area contributed by atoms with Gasteiger partial charge in [0.25, 0.3) is 0 Å². The van der Waals surface area contributed by atoms with E-state index >= 15 is 0 Å². The molecule has 0 unspecified atom stereocenters. The number of carboxylic acids is 2. The Morgan fingerprint density at radius 1 is 0.692 bits per heavy atom. The van der Waals surface area contributed by atoms with E-state index in [-0.39, 0.29) is 0 Å². The van der Waals surface area contributed by atoms with Gasteiger partial charge in [0.1, 0.15) is 0 Å². The molecule has 0 spiro atoms. The molecule has 0 heterocycles. The summed E-state index contributed by atoms with van der Waals surface area (Å²) in [6, 6.07) is 13.9. The topological polar surface area (TPSA) is 81.1 Å². The van der Waals surface area contributed by atoms with Crippen LogP contribution in [0.1, 0.15) is 31.8 Å². The summed E-state index contributed by atoms with van der Waals surface area (Å²) in [5, 5.41) is 17.8. The molecule has 0 aliphatic rings. The molecule has 2 aromatic rings. The van der Waals surface area contributed by atoms with Gasteiger partial charge < -0.3 is 20.0 Å². The minimum atomic E-state index is -0.914. The van der Waals surface area contributed by atoms with Gasteiger partial charge in [-0.1, -0.05) is 24.3 Å². The van der Waals surface area contributed by atoms with Crippen LogP contribution in [0, 0.1) is 0 Å². The number of benzene rings is 2. The Morgan fingerprint density at radius 3 is 1.27 bits per heavy atom. The van der Waals surface area contributed by atoms with Crippen molar-refractivity contribution >= 4 is 11.9 Å². The first-order chi connectivity index (χ1) is 12.3. The van der Waals surface area contributed by atoms with Crippen LogP contribution in [0.15, 0.2) is 48.5 Å². The van der Waals surface area contributed by atoms with Gasteiger partial charge in [0.2, 0.25) is 0 Å². The number of carboxylic acid groups (broad SMARTS) is 2. The minimum absolute atomic E-state index is 0.296. The molecular weight excluding hydrogens is 332 g/mol. The molecule has 0 bridgehead atoms. The molecule has 0 fully saturated rings. The van der Waals surface area contributed by atoms with E-state index in [1.54, 1.807) is 24.3 Å². The van der Waals surface area contributed by atoms with E-state index in [1.807, 2.05) is 38.4 Å². The van der Waals surface area contributed by atoms with E-state index < -0.39 is 11.9 Å². The van der Waals surface area contributed by atoms with Gasteiger partial charge in [-0.15, -0.1) is 0 Å². The average molecular weight is 356 g/mol. The van der Waals surface area contributed by atoms with Crippen LogP contribution in [-0.2, 0) is 13.1 Å². The van der Waals surface area contributed by atoms with Crippen molar-refractivity contribution in [3.05, 3.63) is 70.8 Å². The minimum Gasteiger partial charge on any atom is -0.478 e. The highest BCUT2D eigenvalue weighted by molar-refractivity contribution is 5.87. The molecule has 2 rings (SSSR count). The van der Waals surface area contributed by atoms with Crippen LogP contribution in [0.5, 0.6) is 0 Å². The highest BCUT2D eigenvalue weighted by Crippen LogP contribution is 2.09. The fraction of sp³-hybridized carbons (Fsp3) is 0.300.